The molecule has 3 aliphatic rings. The zero-order chi connectivity index (χ0) is 23.1. The van der Waals surface area contributed by atoms with Gasteiger partial charge >= 0.3 is 0 Å². The van der Waals surface area contributed by atoms with Crippen molar-refractivity contribution < 1.29 is 9.53 Å². The van der Waals surface area contributed by atoms with Gasteiger partial charge in [0.2, 0.25) is 5.91 Å². The van der Waals surface area contributed by atoms with E-state index in [1.165, 1.54) is 42.0 Å². The predicted octanol–water partition coefficient (Wildman–Crippen LogP) is 5.93. The third kappa shape index (κ3) is 5.21. The minimum Gasteiger partial charge on any atom is -0.490 e. The maximum Gasteiger partial charge on any atom is 0.220 e. The summed E-state index contributed by atoms with van der Waals surface area (Å²) in [5.41, 5.74) is 2.00. The van der Waals surface area contributed by atoms with Crippen molar-refractivity contribution in [1.29, 1.82) is 0 Å². The average Bonchev–Trinajstić information content (AvgIpc) is 3.15. The van der Waals surface area contributed by atoms with E-state index in [1.54, 1.807) is 0 Å². The van der Waals surface area contributed by atoms with Crippen LogP contribution in [-0.4, -0.2) is 36.5 Å². The zero-order valence-electron chi connectivity index (χ0n) is 20.7. The molecule has 1 saturated carbocycles. The lowest BCUT2D eigenvalue weighted by Crippen LogP contribution is -2.40. The highest BCUT2D eigenvalue weighted by molar-refractivity contribution is 5.84. The largest absolute Gasteiger partial charge is 0.490 e. The minimum atomic E-state index is 0.222. The van der Waals surface area contributed by atoms with Gasteiger partial charge < -0.3 is 10.1 Å². The number of hydrogen-bond donors (Lipinski definition) is 1. The molecule has 0 atom stereocenters. The van der Waals surface area contributed by atoms with Crippen LogP contribution in [0.5, 0.6) is 5.75 Å². The molecule has 1 amide bonds. The summed E-state index contributed by atoms with van der Waals surface area (Å²) in [6, 6.07) is 13.4. The van der Waals surface area contributed by atoms with Crippen LogP contribution in [-0.2, 0) is 11.3 Å². The molecule has 2 aliphatic heterocycles. The Hall–Kier alpha value is -2.07. The zero-order valence-corrected chi connectivity index (χ0v) is 20.7. The monoisotopic (exact) mass is 448 g/mol. The van der Waals surface area contributed by atoms with Gasteiger partial charge in [-0.2, -0.15) is 0 Å². The molecule has 0 radical (unpaired) electrons. The molecule has 2 aromatic carbocycles. The molecule has 4 heteroatoms. The molecule has 0 bridgehead atoms. The van der Waals surface area contributed by atoms with E-state index in [4.69, 9.17) is 4.74 Å². The summed E-state index contributed by atoms with van der Waals surface area (Å²) in [6.45, 7) is 11.1. The Kier molecular flexibility index (Phi) is 6.15. The molecule has 1 N–H and O–H groups in total. The van der Waals surface area contributed by atoms with Crippen molar-refractivity contribution in [2.45, 2.75) is 78.4 Å². The van der Waals surface area contributed by atoms with Crippen LogP contribution in [0, 0.1) is 16.7 Å². The fourth-order valence-electron chi connectivity index (χ4n) is 6.23. The van der Waals surface area contributed by atoms with Gasteiger partial charge in [0, 0.05) is 19.5 Å². The summed E-state index contributed by atoms with van der Waals surface area (Å²) >= 11 is 0. The summed E-state index contributed by atoms with van der Waals surface area (Å²) < 4.78 is 6.39. The second-order valence-electron chi connectivity index (χ2n) is 12.0. The molecule has 5 rings (SSSR count). The minimum absolute atomic E-state index is 0.222. The number of piperidine rings is 1. The standard InChI is InChI=1S/C29H40N2O2/c1-28(2,3)24-7-10-25(11-8-24)33-26-9-6-22-16-21(4-5-23(22)17-26)19-31-14-12-29(13-15-31)18-27(32)30-20-29/h4-6,9,16-17,24-25H,7-8,10-15,18-20H2,1-3H3,(H,30,32). The molecule has 2 saturated heterocycles. The number of rotatable bonds is 4. The van der Waals surface area contributed by atoms with Crippen LogP contribution in [0.15, 0.2) is 36.4 Å². The summed E-state index contributed by atoms with van der Waals surface area (Å²) in [5.74, 6) is 2.06. The first-order valence-corrected chi connectivity index (χ1v) is 13.0. The second-order valence-corrected chi connectivity index (χ2v) is 12.0. The van der Waals surface area contributed by atoms with E-state index in [1.807, 2.05) is 0 Å². The fraction of sp³-hybridized carbons (Fsp3) is 0.621. The first-order chi connectivity index (χ1) is 15.8. The lowest BCUT2D eigenvalue weighted by Gasteiger charge is -2.38. The van der Waals surface area contributed by atoms with Crippen LogP contribution >= 0.6 is 0 Å². The van der Waals surface area contributed by atoms with Crippen molar-refractivity contribution in [3.63, 3.8) is 0 Å². The number of ether oxygens (including phenoxy) is 1. The van der Waals surface area contributed by atoms with Gasteiger partial charge in [0.1, 0.15) is 5.75 Å². The number of amides is 1. The normalized spacial score (nSPS) is 26.0. The molecule has 1 spiro atoms. The van der Waals surface area contributed by atoms with E-state index in [2.05, 4.69) is 67.4 Å². The van der Waals surface area contributed by atoms with E-state index in [0.29, 0.717) is 11.5 Å². The van der Waals surface area contributed by atoms with E-state index < -0.39 is 0 Å². The molecule has 2 heterocycles. The number of hydrogen-bond acceptors (Lipinski definition) is 3. The smallest absolute Gasteiger partial charge is 0.220 e. The van der Waals surface area contributed by atoms with Crippen LogP contribution in [0.25, 0.3) is 10.8 Å². The first kappa shape index (κ1) is 22.7. The number of nitrogens with one attached hydrogen (secondary N) is 1. The number of fused-ring (bicyclic) bond motifs is 1. The van der Waals surface area contributed by atoms with E-state index >= 15 is 0 Å². The van der Waals surface area contributed by atoms with Gasteiger partial charge in [-0.1, -0.05) is 39.0 Å². The van der Waals surface area contributed by atoms with Crippen LogP contribution < -0.4 is 10.1 Å². The summed E-state index contributed by atoms with van der Waals surface area (Å²) in [5, 5.41) is 5.58. The van der Waals surface area contributed by atoms with Gasteiger partial charge in [-0.25, -0.2) is 0 Å². The van der Waals surface area contributed by atoms with E-state index in [9.17, 15) is 4.79 Å². The number of carbonyl (C=O) groups is 1. The number of carbonyl (C=O) groups excluding carboxylic acids is 1. The van der Waals surface area contributed by atoms with Crippen LogP contribution in [0.1, 0.15) is 71.3 Å². The Morgan fingerprint density at radius 2 is 1.70 bits per heavy atom. The van der Waals surface area contributed by atoms with Gasteiger partial charge in [0.15, 0.2) is 0 Å². The molecule has 0 aromatic heterocycles. The van der Waals surface area contributed by atoms with E-state index in [0.717, 1.165) is 57.1 Å². The molecule has 0 unspecified atom stereocenters. The van der Waals surface area contributed by atoms with Crippen molar-refractivity contribution in [3.8, 4) is 5.75 Å². The Balaban J connectivity index is 1.16. The molecule has 178 valence electrons. The molecule has 3 fully saturated rings. The topological polar surface area (TPSA) is 41.6 Å². The lowest BCUT2D eigenvalue weighted by atomic mass is 9.72. The summed E-state index contributed by atoms with van der Waals surface area (Å²) in [7, 11) is 0. The van der Waals surface area contributed by atoms with Crippen LogP contribution in [0.4, 0.5) is 0 Å². The molecule has 1 aliphatic carbocycles. The summed E-state index contributed by atoms with van der Waals surface area (Å²) in [4.78, 5) is 14.2. The van der Waals surface area contributed by atoms with Crippen molar-refractivity contribution in [2.24, 2.45) is 16.7 Å². The van der Waals surface area contributed by atoms with Crippen LogP contribution in [0.2, 0.25) is 0 Å². The Morgan fingerprint density at radius 1 is 1.00 bits per heavy atom. The quantitative estimate of drug-likeness (QED) is 0.631. The van der Waals surface area contributed by atoms with Crippen molar-refractivity contribution in [3.05, 3.63) is 42.0 Å². The molecular formula is C29H40N2O2. The molecule has 4 nitrogen and oxygen atoms in total. The molecular weight excluding hydrogens is 408 g/mol. The fourth-order valence-corrected chi connectivity index (χ4v) is 6.23. The Morgan fingerprint density at radius 3 is 2.36 bits per heavy atom. The van der Waals surface area contributed by atoms with Gasteiger partial charge in [-0.15, -0.1) is 0 Å². The first-order valence-electron chi connectivity index (χ1n) is 13.0. The molecule has 33 heavy (non-hydrogen) atoms. The summed E-state index contributed by atoms with van der Waals surface area (Å²) in [6.07, 6.45) is 8.20. The number of nitrogens with zero attached hydrogens (tertiary/aromatic N) is 1. The third-order valence-corrected chi connectivity index (χ3v) is 8.60. The Bertz CT molecular complexity index is 992. The lowest BCUT2D eigenvalue weighted by molar-refractivity contribution is -0.119. The van der Waals surface area contributed by atoms with Crippen LogP contribution in [0.3, 0.4) is 0 Å². The van der Waals surface area contributed by atoms with Gasteiger partial charge in [0.25, 0.3) is 0 Å². The highest BCUT2D eigenvalue weighted by atomic mass is 16.5. The van der Waals surface area contributed by atoms with Gasteiger partial charge in [-0.05, 0) is 103 Å². The number of likely N-dealkylation sites (tertiary alicyclic amines) is 1. The van der Waals surface area contributed by atoms with Crippen molar-refractivity contribution in [1.82, 2.24) is 10.2 Å². The third-order valence-electron chi connectivity index (χ3n) is 8.60. The predicted molar refractivity (Wildman–Crippen MR) is 134 cm³/mol. The van der Waals surface area contributed by atoms with Gasteiger partial charge in [0.05, 0.1) is 6.10 Å². The molecule has 2 aromatic rings. The Labute approximate surface area is 199 Å². The maximum atomic E-state index is 11.7. The average molecular weight is 449 g/mol. The van der Waals surface area contributed by atoms with Crippen molar-refractivity contribution in [2.75, 3.05) is 19.6 Å². The SMILES string of the molecule is CC(C)(C)C1CCC(Oc2ccc3cc(CN4CCC5(CC4)CNC(=O)C5)ccc3c2)CC1. The highest BCUT2D eigenvalue weighted by Gasteiger charge is 2.40. The second kappa shape index (κ2) is 8.94. The highest BCUT2D eigenvalue weighted by Crippen LogP contribution is 2.39. The van der Waals surface area contributed by atoms with E-state index in [-0.39, 0.29) is 11.3 Å². The maximum absolute atomic E-state index is 11.7. The number of benzene rings is 2. The van der Waals surface area contributed by atoms with Crippen molar-refractivity contribution >= 4 is 16.7 Å². The van der Waals surface area contributed by atoms with Gasteiger partial charge in [-0.3, -0.25) is 9.69 Å².